The number of fused-ring (bicyclic) bond motifs is 7. The van der Waals surface area contributed by atoms with Gasteiger partial charge in [-0.2, -0.15) is 0 Å². The van der Waals surface area contributed by atoms with Crippen molar-refractivity contribution in [1.29, 1.82) is 0 Å². The molecule has 0 aliphatic heterocycles. The quantitative estimate of drug-likeness (QED) is 0.169. The first-order valence-corrected chi connectivity index (χ1v) is 20.1. The molecule has 0 N–H and O–H groups in total. The predicted octanol–water partition coefficient (Wildman–Crippen LogP) is 14.8. The molecule has 0 amide bonds. The molecule has 0 unspecified atom stereocenters. The minimum Gasteiger partial charge on any atom is -0.456 e. The lowest BCUT2D eigenvalue weighted by molar-refractivity contribution is 0.668. The summed E-state index contributed by atoms with van der Waals surface area (Å²) in [4.78, 5) is 15.2. The molecule has 0 radical (unpaired) electrons. The Morgan fingerprint density at radius 2 is 0.867 bits per heavy atom. The molecule has 60 heavy (non-hydrogen) atoms. The van der Waals surface area contributed by atoms with E-state index in [4.69, 9.17) is 18.8 Å². The smallest absolute Gasteiger partial charge is 0.161 e. The van der Waals surface area contributed by atoms with Crippen molar-refractivity contribution in [2.24, 2.45) is 0 Å². The van der Waals surface area contributed by atoms with Gasteiger partial charge in [0, 0.05) is 56.2 Å². The highest BCUT2D eigenvalue weighted by molar-refractivity contribution is 6.08. The minimum atomic E-state index is 0.639. The SMILES string of the molecule is c1cncc(-c2ccccc2-c2nc(-c3cc(-c4ccc5oc6ccccc6c5c4)cc(-c4ccc5oc6ccccc6c5c4)c3)cc(-c3ccc4ccccc4c3)n2)c1. The van der Waals surface area contributed by atoms with Gasteiger partial charge in [0.15, 0.2) is 5.82 Å². The second kappa shape index (κ2) is 13.8. The number of hydrogen-bond acceptors (Lipinski definition) is 5. The molecule has 4 heterocycles. The van der Waals surface area contributed by atoms with E-state index in [-0.39, 0.29) is 0 Å². The van der Waals surface area contributed by atoms with Crippen LogP contribution in [-0.4, -0.2) is 15.0 Å². The molecule has 4 aromatic heterocycles. The fourth-order valence-corrected chi connectivity index (χ4v) is 8.58. The highest BCUT2D eigenvalue weighted by Gasteiger charge is 2.18. The third-order valence-electron chi connectivity index (χ3n) is 11.6. The molecule has 8 aromatic carbocycles. The molecule has 0 fully saturated rings. The minimum absolute atomic E-state index is 0.639. The summed E-state index contributed by atoms with van der Waals surface area (Å²) in [6.07, 6.45) is 3.69. The Kier molecular flexibility index (Phi) is 7.78. The van der Waals surface area contributed by atoms with E-state index >= 15 is 0 Å². The summed E-state index contributed by atoms with van der Waals surface area (Å²) >= 11 is 0. The fraction of sp³-hybridized carbons (Fsp3) is 0. The summed E-state index contributed by atoms with van der Waals surface area (Å²) in [5.74, 6) is 0.639. The molecule has 0 atom stereocenters. The van der Waals surface area contributed by atoms with E-state index in [0.717, 1.165) is 111 Å². The van der Waals surface area contributed by atoms with E-state index in [1.807, 2.05) is 42.6 Å². The maximum Gasteiger partial charge on any atom is 0.161 e. The zero-order valence-corrected chi connectivity index (χ0v) is 32.2. The van der Waals surface area contributed by atoms with Gasteiger partial charge in [0.2, 0.25) is 0 Å². The molecule has 0 aliphatic carbocycles. The first-order chi connectivity index (χ1) is 29.7. The van der Waals surface area contributed by atoms with Crippen molar-refractivity contribution >= 4 is 54.6 Å². The van der Waals surface area contributed by atoms with Crippen LogP contribution in [0.25, 0.3) is 122 Å². The Labute approximate surface area is 344 Å². The van der Waals surface area contributed by atoms with E-state index in [9.17, 15) is 0 Å². The molecule has 12 rings (SSSR count). The number of furan rings is 2. The van der Waals surface area contributed by atoms with Crippen LogP contribution in [0.4, 0.5) is 0 Å². The van der Waals surface area contributed by atoms with Crippen LogP contribution in [0.3, 0.4) is 0 Å². The standard InChI is InChI=1S/C55H33N3O2/c1-2-11-35-26-38(20-19-34(35)10-1)49-32-50(58-55(57-49)46-16-4-3-13-43(46)39-12-9-25-56-33-39)42-28-40(36-21-23-53-47(30-36)44-14-5-7-17-51(44)59-53)27-41(29-42)37-22-24-54-48(31-37)45-15-6-8-18-52(45)60-54/h1-33H. The number of pyridine rings is 1. The molecule has 0 spiro atoms. The lowest BCUT2D eigenvalue weighted by atomic mass is 9.93. The van der Waals surface area contributed by atoms with Crippen LogP contribution in [0.1, 0.15) is 0 Å². The Morgan fingerprint density at radius 3 is 1.53 bits per heavy atom. The van der Waals surface area contributed by atoms with Crippen molar-refractivity contribution in [2.75, 3.05) is 0 Å². The van der Waals surface area contributed by atoms with Crippen LogP contribution in [0.2, 0.25) is 0 Å². The van der Waals surface area contributed by atoms with Gasteiger partial charge in [-0.05, 0) is 111 Å². The number of hydrogen-bond donors (Lipinski definition) is 0. The highest BCUT2D eigenvalue weighted by atomic mass is 16.3. The van der Waals surface area contributed by atoms with E-state index in [1.165, 1.54) is 5.39 Å². The van der Waals surface area contributed by atoms with Gasteiger partial charge in [-0.3, -0.25) is 4.98 Å². The second-order valence-electron chi connectivity index (χ2n) is 15.2. The first-order valence-electron chi connectivity index (χ1n) is 20.1. The molecule has 0 saturated heterocycles. The lowest BCUT2D eigenvalue weighted by Crippen LogP contribution is -1.98. The normalized spacial score (nSPS) is 11.7. The summed E-state index contributed by atoms with van der Waals surface area (Å²) in [5, 5.41) is 6.68. The Balaban J connectivity index is 1.11. The highest BCUT2D eigenvalue weighted by Crippen LogP contribution is 2.40. The second-order valence-corrected chi connectivity index (χ2v) is 15.2. The van der Waals surface area contributed by atoms with E-state index in [2.05, 4.69) is 157 Å². The molecule has 0 saturated carbocycles. The summed E-state index contributed by atoms with van der Waals surface area (Å²) in [5.41, 5.74) is 14.4. The summed E-state index contributed by atoms with van der Waals surface area (Å²) in [6, 6.07) is 65.6. The van der Waals surface area contributed by atoms with E-state index in [1.54, 1.807) is 6.20 Å². The Morgan fingerprint density at radius 1 is 0.317 bits per heavy atom. The monoisotopic (exact) mass is 767 g/mol. The van der Waals surface area contributed by atoms with Gasteiger partial charge >= 0.3 is 0 Å². The average molecular weight is 768 g/mol. The maximum atomic E-state index is 6.25. The Hall–Kier alpha value is -8.15. The van der Waals surface area contributed by atoms with Crippen LogP contribution in [0, 0.1) is 0 Å². The zero-order chi connectivity index (χ0) is 39.6. The van der Waals surface area contributed by atoms with Crippen LogP contribution in [0.5, 0.6) is 0 Å². The van der Waals surface area contributed by atoms with Crippen LogP contribution in [-0.2, 0) is 0 Å². The predicted molar refractivity (Wildman–Crippen MR) is 245 cm³/mol. The molecule has 0 aliphatic rings. The number of para-hydroxylation sites is 2. The topological polar surface area (TPSA) is 65.0 Å². The Bertz CT molecular complexity index is 3490. The average Bonchev–Trinajstić information content (AvgIpc) is 3.89. The van der Waals surface area contributed by atoms with Crippen molar-refractivity contribution in [3.8, 4) is 67.3 Å². The van der Waals surface area contributed by atoms with Crippen LogP contribution in [0.15, 0.2) is 209 Å². The van der Waals surface area contributed by atoms with Crippen molar-refractivity contribution in [3.63, 3.8) is 0 Å². The molecule has 5 heteroatoms. The largest absolute Gasteiger partial charge is 0.456 e. The number of rotatable bonds is 6. The third kappa shape index (κ3) is 5.83. The fourth-order valence-electron chi connectivity index (χ4n) is 8.58. The van der Waals surface area contributed by atoms with Gasteiger partial charge in [0.25, 0.3) is 0 Å². The summed E-state index contributed by atoms with van der Waals surface area (Å²) in [6.45, 7) is 0. The van der Waals surface area contributed by atoms with Crippen LogP contribution < -0.4 is 0 Å². The first kappa shape index (κ1) is 33.9. The molecule has 280 valence electrons. The van der Waals surface area contributed by atoms with Gasteiger partial charge in [0.1, 0.15) is 22.3 Å². The van der Waals surface area contributed by atoms with E-state index in [0.29, 0.717) is 5.82 Å². The van der Waals surface area contributed by atoms with Gasteiger partial charge in [-0.1, -0.05) is 115 Å². The van der Waals surface area contributed by atoms with Crippen molar-refractivity contribution < 1.29 is 8.83 Å². The maximum absolute atomic E-state index is 6.25. The van der Waals surface area contributed by atoms with Crippen molar-refractivity contribution in [2.45, 2.75) is 0 Å². The van der Waals surface area contributed by atoms with Gasteiger partial charge in [0.05, 0.1) is 11.4 Å². The van der Waals surface area contributed by atoms with Crippen LogP contribution >= 0.6 is 0 Å². The van der Waals surface area contributed by atoms with Crippen molar-refractivity contribution in [1.82, 2.24) is 15.0 Å². The number of nitrogens with zero attached hydrogens (tertiary/aromatic N) is 3. The lowest BCUT2D eigenvalue weighted by Gasteiger charge is -2.15. The third-order valence-corrected chi connectivity index (χ3v) is 11.6. The van der Waals surface area contributed by atoms with Gasteiger partial charge in [-0.25, -0.2) is 9.97 Å². The molecule has 5 nitrogen and oxygen atoms in total. The summed E-state index contributed by atoms with van der Waals surface area (Å²) in [7, 11) is 0. The zero-order valence-electron chi connectivity index (χ0n) is 32.2. The van der Waals surface area contributed by atoms with Crippen molar-refractivity contribution in [3.05, 3.63) is 200 Å². The van der Waals surface area contributed by atoms with Gasteiger partial charge in [-0.15, -0.1) is 0 Å². The summed E-state index contributed by atoms with van der Waals surface area (Å²) < 4.78 is 12.5. The molecule has 0 bridgehead atoms. The molecular formula is C55H33N3O2. The number of aromatic nitrogens is 3. The number of benzene rings is 8. The van der Waals surface area contributed by atoms with E-state index < -0.39 is 0 Å². The van der Waals surface area contributed by atoms with Gasteiger partial charge < -0.3 is 8.83 Å². The molecular weight excluding hydrogens is 735 g/mol. The molecule has 12 aromatic rings.